The predicted molar refractivity (Wildman–Crippen MR) is 79.7 cm³/mol. The fraction of sp³-hybridized carbons (Fsp3) is 0.714. The summed E-state index contributed by atoms with van der Waals surface area (Å²) >= 11 is 0. The van der Waals surface area contributed by atoms with Gasteiger partial charge in [0.05, 0.1) is 0 Å². The molecule has 0 radical (unpaired) electrons. The Morgan fingerprint density at radius 2 is 1.95 bits per heavy atom. The van der Waals surface area contributed by atoms with Gasteiger partial charge in [-0.2, -0.15) is 4.98 Å². The van der Waals surface area contributed by atoms with Gasteiger partial charge in [0.2, 0.25) is 5.95 Å². The molecular formula is C14H25N5. The van der Waals surface area contributed by atoms with Crippen LogP contribution in [-0.2, 0) is 0 Å². The van der Waals surface area contributed by atoms with Crippen LogP contribution >= 0.6 is 0 Å². The lowest BCUT2D eigenvalue weighted by Crippen LogP contribution is -2.47. The predicted octanol–water partition coefficient (Wildman–Crippen LogP) is 2.11. The quantitative estimate of drug-likeness (QED) is 0.852. The second kappa shape index (κ2) is 5.74. The van der Waals surface area contributed by atoms with E-state index in [9.17, 15) is 0 Å². The van der Waals surface area contributed by atoms with E-state index in [1.54, 1.807) is 0 Å². The van der Waals surface area contributed by atoms with Gasteiger partial charge >= 0.3 is 0 Å². The molecule has 19 heavy (non-hydrogen) atoms. The largest absolute Gasteiger partial charge is 0.368 e. The molecule has 0 saturated heterocycles. The second-order valence-electron chi connectivity index (χ2n) is 5.65. The Hall–Kier alpha value is -1.36. The number of hydrogen-bond donors (Lipinski definition) is 2. The molecule has 106 valence electrons. The molecule has 2 rings (SSSR count). The Morgan fingerprint density at radius 3 is 2.53 bits per heavy atom. The SMILES string of the molecule is CNc1nc(C)cc(NCC2(N(C)C)CCCC2)n1. The van der Waals surface area contributed by atoms with Crippen LogP contribution in [0.5, 0.6) is 0 Å². The summed E-state index contributed by atoms with van der Waals surface area (Å²) in [5, 5.41) is 6.49. The summed E-state index contributed by atoms with van der Waals surface area (Å²) in [6.45, 7) is 2.94. The molecule has 1 aromatic rings. The zero-order chi connectivity index (χ0) is 13.9. The molecule has 0 aromatic carbocycles. The van der Waals surface area contributed by atoms with Crippen molar-refractivity contribution in [1.29, 1.82) is 0 Å². The van der Waals surface area contributed by atoms with E-state index >= 15 is 0 Å². The van der Waals surface area contributed by atoms with Crippen LogP contribution in [0.15, 0.2) is 6.07 Å². The first kappa shape index (κ1) is 14.1. The summed E-state index contributed by atoms with van der Waals surface area (Å²) in [5.74, 6) is 1.58. The van der Waals surface area contributed by atoms with Gasteiger partial charge in [0.15, 0.2) is 0 Å². The van der Waals surface area contributed by atoms with Crippen molar-refractivity contribution in [2.75, 3.05) is 38.3 Å². The third kappa shape index (κ3) is 3.15. The van der Waals surface area contributed by atoms with E-state index in [4.69, 9.17) is 0 Å². The third-order valence-electron chi connectivity index (χ3n) is 4.16. The van der Waals surface area contributed by atoms with Crippen molar-refractivity contribution in [3.8, 4) is 0 Å². The van der Waals surface area contributed by atoms with E-state index in [0.717, 1.165) is 18.1 Å². The zero-order valence-electron chi connectivity index (χ0n) is 12.5. The maximum absolute atomic E-state index is 4.45. The minimum Gasteiger partial charge on any atom is -0.368 e. The van der Waals surface area contributed by atoms with Crippen LogP contribution in [0.1, 0.15) is 31.4 Å². The average molecular weight is 263 g/mol. The van der Waals surface area contributed by atoms with E-state index in [-0.39, 0.29) is 5.54 Å². The molecule has 1 saturated carbocycles. The molecule has 1 aliphatic carbocycles. The minimum absolute atomic E-state index is 0.276. The highest BCUT2D eigenvalue weighted by Gasteiger charge is 2.35. The van der Waals surface area contributed by atoms with Crippen LogP contribution in [0.25, 0.3) is 0 Å². The Labute approximate surface area is 115 Å². The van der Waals surface area contributed by atoms with E-state index in [0.29, 0.717) is 5.95 Å². The molecule has 5 heteroatoms. The molecule has 5 nitrogen and oxygen atoms in total. The molecule has 0 bridgehead atoms. The number of anilines is 2. The normalized spacial score (nSPS) is 17.7. The van der Waals surface area contributed by atoms with Crippen LogP contribution in [0, 0.1) is 6.92 Å². The van der Waals surface area contributed by atoms with Gasteiger partial charge < -0.3 is 15.5 Å². The van der Waals surface area contributed by atoms with Crippen molar-refractivity contribution in [3.05, 3.63) is 11.8 Å². The number of aromatic nitrogens is 2. The van der Waals surface area contributed by atoms with E-state index in [2.05, 4.69) is 39.6 Å². The van der Waals surface area contributed by atoms with Crippen LogP contribution in [0.4, 0.5) is 11.8 Å². The summed E-state index contributed by atoms with van der Waals surface area (Å²) in [7, 11) is 6.20. The fourth-order valence-corrected chi connectivity index (χ4v) is 2.84. The number of nitrogens with one attached hydrogen (secondary N) is 2. The molecule has 2 N–H and O–H groups in total. The van der Waals surface area contributed by atoms with Gasteiger partial charge in [-0.1, -0.05) is 12.8 Å². The highest BCUT2D eigenvalue weighted by Crippen LogP contribution is 2.33. The maximum Gasteiger partial charge on any atom is 0.224 e. The number of likely N-dealkylation sites (N-methyl/N-ethyl adjacent to an activating group) is 1. The number of rotatable bonds is 5. The first-order valence-electron chi connectivity index (χ1n) is 7.00. The molecule has 0 aliphatic heterocycles. The van der Waals surface area contributed by atoms with Gasteiger partial charge in [-0.15, -0.1) is 0 Å². The summed E-state index contributed by atoms with van der Waals surface area (Å²) in [5.41, 5.74) is 1.26. The van der Waals surface area contributed by atoms with Gasteiger partial charge in [0.1, 0.15) is 5.82 Å². The molecule has 0 spiro atoms. The van der Waals surface area contributed by atoms with Crippen molar-refractivity contribution >= 4 is 11.8 Å². The van der Waals surface area contributed by atoms with Crippen LogP contribution in [0.3, 0.4) is 0 Å². The Bertz CT molecular complexity index is 424. The molecule has 1 fully saturated rings. The lowest BCUT2D eigenvalue weighted by atomic mass is 9.96. The van der Waals surface area contributed by atoms with Crippen LogP contribution in [0.2, 0.25) is 0 Å². The van der Waals surface area contributed by atoms with Gasteiger partial charge in [-0.25, -0.2) is 4.98 Å². The molecule has 1 aromatic heterocycles. The van der Waals surface area contributed by atoms with Crippen LogP contribution < -0.4 is 10.6 Å². The molecule has 1 aliphatic rings. The standard InChI is InChI=1S/C14H25N5/c1-11-9-12(18-13(15-2)17-11)16-10-14(19(3)4)7-5-6-8-14/h9H,5-8,10H2,1-4H3,(H2,15,16,17,18). The molecule has 0 amide bonds. The number of aryl methyl sites for hydroxylation is 1. The minimum atomic E-state index is 0.276. The monoisotopic (exact) mass is 263 g/mol. The first-order chi connectivity index (χ1) is 9.05. The lowest BCUT2D eigenvalue weighted by Gasteiger charge is -2.36. The van der Waals surface area contributed by atoms with Gasteiger partial charge in [-0.3, -0.25) is 0 Å². The average Bonchev–Trinajstić information content (AvgIpc) is 2.86. The first-order valence-corrected chi connectivity index (χ1v) is 7.00. The second-order valence-corrected chi connectivity index (χ2v) is 5.65. The van der Waals surface area contributed by atoms with E-state index in [1.807, 2.05) is 20.0 Å². The lowest BCUT2D eigenvalue weighted by molar-refractivity contribution is 0.172. The highest BCUT2D eigenvalue weighted by molar-refractivity contribution is 5.42. The Kier molecular flexibility index (Phi) is 4.24. The van der Waals surface area contributed by atoms with E-state index in [1.165, 1.54) is 25.7 Å². The molecule has 1 heterocycles. The maximum atomic E-state index is 4.45. The Balaban J connectivity index is 2.07. The Morgan fingerprint density at radius 1 is 1.26 bits per heavy atom. The fourth-order valence-electron chi connectivity index (χ4n) is 2.84. The zero-order valence-corrected chi connectivity index (χ0v) is 12.5. The van der Waals surface area contributed by atoms with Crippen LogP contribution in [-0.4, -0.2) is 48.1 Å². The number of hydrogen-bond acceptors (Lipinski definition) is 5. The van der Waals surface area contributed by atoms with Gasteiger partial charge in [-0.05, 0) is 33.9 Å². The van der Waals surface area contributed by atoms with Gasteiger partial charge in [0, 0.05) is 30.9 Å². The van der Waals surface area contributed by atoms with Gasteiger partial charge in [0.25, 0.3) is 0 Å². The molecule has 0 unspecified atom stereocenters. The summed E-state index contributed by atoms with van der Waals surface area (Å²) in [6, 6.07) is 2.00. The van der Waals surface area contributed by atoms with Crippen molar-refractivity contribution in [3.63, 3.8) is 0 Å². The highest BCUT2D eigenvalue weighted by atomic mass is 15.2. The topological polar surface area (TPSA) is 53.1 Å². The smallest absolute Gasteiger partial charge is 0.224 e. The van der Waals surface area contributed by atoms with Crippen molar-refractivity contribution < 1.29 is 0 Å². The molecule has 0 atom stereocenters. The summed E-state index contributed by atoms with van der Waals surface area (Å²) in [4.78, 5) is 11.1. The summed E-state index contributed by atoms with van der Waals surface area (Å²) in [6.07, 6.45) is 5.17. The number of nitrogens with zero attached hydrogens (tertiary/aromatic N) is 3. The van der Waals surface area contributed by atoms with E-state index < -0.39 is 0 Å². The summed E-state index contributed by atoms with van der Waals surface area (Å²) < 4.78 is 0. The van der Waals surface area contributed by atoms with Crippen molar-refractivity contribution in [1.82, 2.24) is 14.9 Å². The third-order valence-corrected chi connectivity index (χ3v) is 4.16. The van der Waals surface area contributed by atoms with Crippen molar-refractivity contribution in [2.45, 2.75) is 38.1 Å². The molecular weight excluding hydrogens is 238 g/mol. The van der Waals surface area contributed by atoms with Crippen molar-refractivity contribution in [2.24, 2.45) is 0 Å².